The number of anilines is 1. The van der Waals surface area contributed by atoms with Crippen LogP contribution in [0.25, 0.3) is 11.1 Å². The van der Waals surface area contributed by atoms with Crippen LogP contribution in [0.1, 0.15) is 36.1 Å². The molecule has 8 heteroatoms. The van der Waals surface area contributed by atoms with Crippen LogP contribution in [0, 0.1) is 0 Å². The van der Waals surface area contributed by atoms with Crippen LogP contribution >= 0.6 is 11.3 Å². The number of hydrogen-bond donors (Lipinski definition) is 1. The summed E-state index contributed by atoms with van der Waals surface area (Å²) in [6, 6.07) is 24.0. The Bertz CT molecular complexity index is 1310. The van der Waals surface area contributed by atoms with Crippen LogP contribution in [-0.4, -0.2) is 39.4 Å². The van der Waals surface area contributed by atoms with Crippen LogP contribution in [0.15, 0.2) is 78.9 Å². The summed E-state index contributed by atoms with van der Waals surface area (Å²) in [5.74, 6) is -0.877. The van der Waals surface area contributed by atoms with Crippen LogP contribution in [0.5, 0.6) is 0 Å². The average molecular weight is 455 g/mol. The van der Waals surface area contributed by atoms with Gasteiger partial charge in [0.05, 0.1) is 11.1 Å². The molecule has 4 aromatic rings. The number of carbonyl (C=O) groups excluding carboxylic acids is 3. The molecule has 0 bridgehead atoms. The summed E-state index contributed by atoms with van der Waals surface area (Å²) >= 11 is 1.22. The van der Waals surface area contributed by atoms with Gasteiger partial charge < -0.3 is 0 Å². The van der Waals surface area contributed by atoms with Crippen molar-refractivity contribution in [2.45, 2.75) is 6.42 Å². The highest BCUT2D eigenvalue weighted by atomic mass is 32.1. The van der Waals surface area contributed by atoms with Crippen LogP contribution in [0.3, 0.4) is 0 Å². The van der Waals surface area contributed by atoms with Crippen molar-refractivity contribution < 1.29 is 14.4 Å². The summed E-state index contributed by atoms with van der Waals surface area (Å²) in [6.07, 6.45) is 0.366. The third-order valence-electron chi connectivity index (χ3n) is 5.37. The largest absolute Gasteiger partial charge is 0.296 e. The molecule has 1 N–H and O–H groups in total. The second kappa shape index (κ2) is 8.76. The number of hydrogen-bond acceptors (Lipinski definition) is 6. The van der Waals surface area contributed by atoms with Crippen molar-refractivity contribution in [3.05, 3.63) is 101 Å². The summed E-state index contributed by atoms with van der Waals surface area (Å²) in [5, 5.41) is 11.8. The zero-order valence-electron chi connectivity index (χ0n) is 17.4. The molecule has 0 saturated carbocycles. The minimum Gasteiger partial charge on any atom is -0.296 e. The molecular weight excluding hydrogens is 436 g/mol. The highest BCUT2D eigenvalue weighted by molar-refractivity contribution is 7.15. The molecule has 1 aliphatic heterocycles. The molecule has 0 spiro atoms. The molecule has 0 radical (unpaired) electrons. The van der Waals surface area contributed by atoms with Gasteiger partial charge >= 0.3 is 0 Å². The van der Waals surface area contributed by atoms with Gasteiger partial charge in [0.15, 0.2) is 0 Å². The first-order chi connectivity index (χ1) is 16.1. The molecule has 162 valence electrons. The first-order valence-electron chi connectivity index (χ1n) is 10.3. The Balaban J connectivity index is 1.20. The summed E-state index contributed by atoms with van der Waals surface area (Å²) in [5.41, 5.74) is 3.46. The molecule has 7 nitrogen and oxygen atoms in total. The maximum Gasteiger partial charge on any atom is 0.261 e. The van der Waals surface area contributed by atoms with E-state index in [1.165, 1.54) is 16.2 Å². The van der Waals surface area contributed by atoms with E-state index in [9.17, 15) is 14.4 Å². The molecule has 3 aromatic carbocycles. The maximum absolute atomic E-state index is 12.6. The molecule has 0 atom stereocenters. The Labute approximate surface area is 193 Å². The minimum atomic E-state index is -0.299. The molecule has 0 unspecified atom stereocenters. The predicted molar refractivity (Wildman–Crippen MR) is 125 cm³/mol. The summed E-state index contributed by atoms with van der Waals surface area (Å²) in [4.78, 5) is 38.7. The number of nitrogens with zero attached hydrogens (tertiary/aromatic N) is 3. The van der Waals surface area contributed by atoms with E-state index in [1.54, 1.807) is 36.4 Å². The fraction of sp³-hybridized carbons (Fsp3) is 0.0800. The lowest BCUT2D eigenvalue weighted by molar-refractivity contribution is 0.0655. The molecule has 2 heterocycles. The zero-order chi connectivity index (χ0) is 22.8. The molecular formula is C25H18N4O3S. The lowest BCUT2D eigenvalue weighted by Gasteiger charge is -2.12. The molecule has 0 fully saturated rings. The van der Waals surface area contributed by atoms with Crippen molar-refractivity contribution in [2.24, 2.45) is 0 Å². The van der Waals surface area contributed by atoms with Crippen molar-refractivity contribution in [2.75, 3.05) is 11.9 Å². The molecule has 3 amide bonds. The smallest absolute Gasteiger partial charge is 0.261 e. The minimum absolute atomic E-state index is 0.204. The number of nitrogens with one attached hydrogen (secondary N) is 1. The van der Waals surface area contributed by atoms with E-state index in [1.807, 2.05) is 42.5 Å². The molecule has 1 aliphatic rings. The lowest BCUT2D eigenvalue weighted by atomic mass is 10.0. The van der Waals surface area contributed by atoms with Crippen LogP contribution in [0.2, 0.25) is 0 Å². The van der Waals surface area contributed by atoms with Crippen LogP contribution in [-0.2, 0) is 6.42 Å². The first-order valence-corrected chi connectivity index (χ1v) is 11.2. The third-order valence-corrected chi connectivity index (χ3v) is 6.27. The Morgan fingerprint density at radius 1 is 0.788 bits per heavy atom. The second-order valence-electron chi connectivity index (χ2n) is 7.46. The van der Waals surface area contributed by atoms with Gasteiger partial charge in [0.1, 0.15) is 5.01 Å². The van der Waals surface area contributed by atoms with Crippen molar-refractivity contribution in [3.63, 3.8) is 0 Å². The van der Waals surface area contributed by atoms with E-state index >= 15 is 0 Å². The van der Waals surface area contributed by atoms with Gasteiger partial charge in [-0.25, -0.2) is 0 Å². The fourth-order valence-corrected chi connectivity index (χ4v) is 4.39. The highest BCUT2D eigenvalue weighted by Crippen LogP contribution is 2.24. The van der Waals surface area contributed by atoms with Gasteiger partial charge in [-0.2, -0.15) is 0 Å². The van der Waals surface area contributed by atoms with E-state index in [4.69, 9.17) is 0 Å². The Kier molecular flexibility index (Phi) is 5.50. The Hall–Kier alpha value is -4.17. The predicted octanol–water partition coefficient (Wildman–Crippen LogP) is 4.30. The van der Waals surface area contributed by atoms with E-state index < -0.39 is 0 Å². The normalized spacial score (nSPS) is 12.7. The van der Waals surface area contributed by atoms with E-state index in [2.05, 4.69) is 15.5 Å². The van der Waals surface area contributed by atoms with Gasteiger partial charge in [-0.3, -0.25) is 24.6 Å². The van der Waals surface area contributed by atoms with Gasteiger partial charge in [-0.1, -0.05) is 65.9 Å². The van der Waals surface area contributed by atoms with Gasteiger partial charge in [0.25, 0.3) is 17.7 Å². The molecule has 0 saturated heterocycles. The zero-order valence-corrected chi connectivity index (χ0v) is 18.2. The van der Waals surface area contributed by atoms with Crippen molar-refractivity contribution >= 4 is 34.2 Å². The standard InChI is InChI=1S/C25H18N4O3S/c30-22(18-12-10-17(11-13-18)16-6-2-1-3-7-16)26-25-28-27-21(33-25)14-15-29-23(31)19-8-4-5-9-20(19)24(29)32/h1-13H,14-15H2,(H,26,28,30). The Morgan fingerprint density at radius 2 is 1.39 bits per heavy atom. The molecule has 33 heavy (non-hydrogen) atoms. The SMILES string of the molecule is O=C(Nc1nnc(CCN2C(=O)c3ccccc3C2=O)s1)c1ccc(-c2ccccc2)cc1. The van der Waals surface area contributed by atoms with Gasteiger partial charge in [0.2, 0.25) is 5.13 Å². The number of benzene rings is 3. The number of rotatable bonds is 6. The maximum atomic E-state index is 12.6. The van der Waals surface area contributed by atoms with Crippen molar-refractivity contribution in [1.29, 1.82) is 0 Å². The number of carbonyl (C=O) groups is 3. The first kappa shape index (κ1) is 20.7. The Morgan fingerprint density at radius 3 is 2.06 bits per heavy atom. The molecule has 1 aromatic heterocycles. The topological polar surface area (TPSA) is 92.3 Å². The second-order valence-corrected chi connectivity index (χ2v) is 8.52. The quantitative estimate of drug-likeness (QED) is 0.439. The highest BCUT2D eigenvalue weighted by Gasteiger charge is 2.34. The van der Waals surface area contributed by atoms with Gasteiger partial charge in [-0.15, -0.1) is 10.2 Å². The molecule has 5 rings (SSSR count). The average Bonchev–Trinajstić information content (AvgIpc) is 3.40. The molecule has 0 aliphatic carbocycles. The summed E-state index contributed by atoms with van der Waals surface area (Å²) in [6.45, 7) is 0.204. The number of aromatic nitrogens is 2. The lowest BCUT2D eigenvalue weighted by Crippen LogP contribution is -2.31. The van der Waals surface area contributed by atoms with Crippen molar-refractivity contribution in [3.8, 4) is 11.1 Å². The number of imide groups is 1. The van der Waals surface area contributed by atoms with Gasteiger partial charge in [-0.05, 0) is 35.4 Å². The summed E-state index contributed by atoms with van der Waals surface area (Å²) in [7, 11) is 0. The van der Waals surface area contributed by atoms with Crippen LogP contribution < -0.4 is 5.32 Å². The van der Waals surface area contributed by atoms with Crippen LogP contribution in [0.4, 0.5) is 5.13 Å². The van der Waals surface area contributed by atoms with Crippen molar-refractivity contribution in [1.82, 2.24) is 15.1 Å². The third kappa shape index (κ3) is 4.16. The van der Waals surface area contributed by atoms with E-state index in [-0.39, 0.29) is 24.3 Å². The fourth-order valence-electron chi connectivity index (χ4n) is 3.67. The monoisotopic (exact) mass is 454 g/mol. The van der Waals surface area contributed by atoms with E-state index in [0.717, 1.165) is 11.1 Å². The van der Waals surface area contributed by atoms with Gasteiger partial charge in [0, 0.05) is 18.5 Å². The number of amides is 3. The number of fused-ring (bicyclic) bond motifs is 1. The van der Waals surface area contributed by atoms with E-state index in [0.29, 0.717) is 33.3 Å². The summed E-state index contributed by atoms with van der Waals surface area (Å²) < 4.78 is 0.